The summed E-state index contributed by atoms with van der Waals surface area (Å²) >= 11 is 2.88. The first-order valence-electron chi connectivity index (χ1n) is 5.23. The third-order valence-corrected chi connectivity index (χ3v) is 3.26. The molecule has 0 aliphatic rings. The average Bonchev–Trinajstić information content (AvgIpc) is 2.41. The Morgan fingerprint density at radius 1 is 0.950 bits per heavy atom. The zero-order chi connectivity index (χ0) is 14.9. The van der Waals surface area contributed by atoms with Crippen LogP contribution in [-0.2, 0) is 0 Å². The summed E-state index contributed by atoms with van der Waals surface area (Å²) < 4.78 is 53.0. The molecule has 0 bridgehead atoms. The molecule has 20 heavy (non-hydrogen) atoms. The molecule has 0 aliphatic heterocycles. The second kappa shape index (κ2) is 5.51. The van der Waals surface area contributed by atoms with E-state index in [2.05, 4.69) is 21.2 Å². The molecule has 1 N–H and O–H groups in total. The van der Waals surface area contributed by atoms with E-state index in [1.807, 2.05) is 0 Å². The van der Waals surface area contributed by atoms with Gasteiger partial charge in [0.15, 0.2) is 17.5 Å². The number of hydrogen-bond donors (Lipinski definition) is 1. The third-order valence-electron chi connectivity index (χ3n) is 2.48. The molecule has 0 unspecified atom stereocenters. The first-order chi connectivity index (χ1) is 9.43. The minimum absolute atomic E-state index is 0.0545. The number of halogens is 5. The maximum absolute atomic E-state index is 13.9. The van der Waals surface area contributed by atoms with Crippen molar-refractivity contribution in [2.45, 2.75) is 0 Å². The molecule has 0 fully saturated rings. The zero-order valence-corrected chi connectivity index (χ0v) is 11.2. The van der Waals surface area contributed by atoms with E-state index in [-0.39, 0.29) is 15.7 Å². The van der Waals surface area contributed by atoms with Crippen molar-refractivity contribution >= 4 is 27.3 Å². The summed E-state index contributed by atoms with van der Waals surface area (Å²) in [5.41, 5.74) is -0.543. The zero-order valence-electron chi connectivity index (χ0n) is 9.65. The lowest BCUT2D eigenvalue weighted by atomic mass is 10.2. The van der Waals surface area contributed by atoms with Gasteiger partial charge in [0.25, 0.3) is 0 Å². The van der Waals surface area contributed by atoms with E-state index in [0.717, 1.165) is 0 Å². The summed E-state index contributed by atoms with van der Waals surface area (Å²) in [4.78, 5) is 0. The summed E-state index contributed by atoms with van der Waals surface area (Å²) in [6, 6.07) is 5.18. The topological polar surface area (TPSA) is 35.8 Å². The lowest BCUT2D eigenvalue weighted by molar-refractivity contribution is 0.496. The third kappa shape index (κ3) is 2.60. The van der Waals surface area contributed by atoms with Gasteiger partial charge in [-0.1, -0.05) is 0 Å². The highest BCUT2D eigenvalue weighted by atomic mass is 79.9. The van der Waals surface area contributed by atoms with Gasteiger partial charge in [-0.15, -0.1) is 0 Å². The molecule has 0 radical (unpaired) electrons. The molecule has 2 nitrogen and oxygen atoms in total. The van der Waals surface area contributed by atoms with Gasteiger partial charge in [0.2, 0.25) is 0 Å². The number of hydrogen-bond acceptors (Lipinski definition) is 2. The summed E-state index contributed by atoms with van der Waals surface area (Å²) in [6.07, 6.45) is 0. The van der Waals surface area contributed by atoms with Crippen LogP contribution in [0.15, 0.2) is 28.7 Å². The first kappa shape index (κ1) is 14.3. The molecule has 0 aliphatic carbocycles. The lowest BCUT2D eigenvalue weighted by Gasteiger charge is -2.10. The molecular weight excluding hydrogens is 340 g/mol. The van der Waals surface area contributed by atoms with Crippen molar-refractivity contribution in [3.63, 3.8) is 0 Å². The van der Waals surface area contributed by atoms with Crippen LogP contribution in [0.5, 0.6) is 0 Å². The number of nitriles is 1. The molecule has 7 heteroatoms. The van der Waals surface area contributed by atoms with Crippen LogP contribution in [0.1, 0.15) is 5.56 Å². The SMILES string of the molecule is N#Cc1ccc(Nc2cc(F)c(F)cc2F)c(F)c1Br. The monoisotopic (exact) mass is 344 g/mol. The van der Waals surface area contributed by atoms with Gasteiger partial charge in [0.1, 0.15) is 11.9 Å². The Balaban J connectivity index is 2.44. The molecule has 0 heterocycles. The minimum Gasteiger partial charge on any atom is -0.351 e. The van der Waals surface area contributed by atoms with Crippen LogP contribution < -0.4 is 5.32 Å². The molecule has 0 spiro atoms. The highest BCUT2D eigenvalue weighted by Crippen LogP contribution is 2.30. The quantitative estimate of drug-likeness (QED) is 0.637. The summed E-state index contributed by atoms with van der Waals surface area (Å²) in [6.45, 7) is 0. The van der Waals surface area contributed by atoms with E-state index in [0.29, 0.717) is 12.1 Å². The van der Waals surface area contributed by atoms with Gasteiger partial charge in [-0.3, -0.25) is 0 Å². The number of anilines is 2. The Morgan fingerprint density at radius 2 is 1.60 bits per heavy atom. The van der Waals surface area contributed by atoms with E-state index >= 15 is 0 Å². The highest BCUT2D eigenvalue weighted by Gasteiger charge is 2.14. The lowest BCUT2D eigenvalue weighted by Crippen LogP contribution is -2.00. The molecule has 0 amide bonds. The van der Waals surface area contributed by atoms with Gasteiger partial charge in [0, 0.05) is 12.1 Å². The average molecular weight is 345 g/mol. The van der Waals surface area contributed by atoms with Crippen molar-refractivity contribution in [1.29, 1.82) is 5.26 Å². The van der Waals surface area contributed by atoms with Crippen molar-refractivity contribution in [3.05, 3.63) is 57.6 Å². The minimum atomic E-state index is -1.34. The van der Waals surface area contributed by atoms with Crippen molar-refractivity contribution in [2.75, 3.05) is 5.32 Å². The molecule has 0 saturated heterocycles. The van der Waals surface area contributed by atoms with Crippen molar-refractivity contribution in [1.82, 2.24) is 0 Å². The fourth-order valence-electron chi connectivity index (χ4n) is 1.50. The summed E-state index contributed by atoms with van der Waals surface area (Å²) in [5, 5.41) is 11.0. The van der Waals surface area contributed by atoms with Crippen LogP contribution in [0.25, 0.3) is 0 Å². The fourth-order valence-corrected chi connectivity index (χ4v) is 1.93. The molecule has 0 aromatic heterocycles. The fraction of sp³-hybridized carbons (Fsp3) is 0. The van der Waals surface area contributed by atoms with Crippen molar-refractivity contribution in [2.24, 2.45) is 0 Å². The van der Waals surface area contributed by atoms with Crippen molar-refractivity contribution in [3.8, 4) is 6.07 Å². The summed E-state index contributed by atoms with van der Waals surface area (Å²) in [7, 11) is 0. The van der Waals surface area contributed by atoms with Gasteiger partial charge in [-0.05, 0) is 28.1 Å². The van der Waals surface area contributed by atoms with Gasteiger partial charge < -0.3 is 5.32 Å². The Hall–Kier alpha value is -2.07. The van der Waals surface area contributed by atoms with Crippen molar-refractivity contribution < 1.29 is 17.6 Å². The normalized spacial score (nSPS) is 10.2. The Labute approximate surface area is 119 Å². The van der Waals surface area contributed by atoms with E-state index in [1.165, 1.54) is 12.1 Å². The molecule has 0 atom stereocenters. The Kier molecular flexibility index (Phi) is 3.95. The smallest absolute Gasteiger partial charge is 0.162 e. The van der Waals surface area contributed by atoms with Crippen LogP contribution in [0.4, 0.5) is 28.9 Å². The molecule has 2 aromatic carbocycles. The highest BCUT2D eigenvalue weighted by molar-refractivity contribution is 9.10. The number of nitrogens with zero attached hydrogens (tertiary/aromatic N) is 1. The van der Waals surface area contributed by atoms with Crippen LogP contribution >= 0.6 is 15.9 Å². The summed E-state index contributed by atoms with van der Waals surface area (Å²) in [5.74, 6) is -4.51. The second-order valence-electron chi connectivity index (χ2n) is 3.77. The van der Waals surface area contributed by atoms with Crippen LogP contribution in [-0.4, -0.2) is 0 Å². The van der Waals surface area contributed by atoms with Crippen LogP contribution in [0.2, 0.25) is 0 Å². The standard InChI is InChI=1S/C13H5BrF4N2/c14-12-6(5-19)1-2-10(13(12)18)20-11-4-8(16)7(15)3-9(11)17/h1-4,20H. The van der Waals surface area contributed by atoms with E-state index in [9.17, 15) is 17.6 Å². The number of rotatable bonds is 2. The first-order valence-corrected chi connectivity index (χ1v) is 6.03. The molecular formula is C13H5BrF4N2. The maximum Gasteiger partial charge on any atom is 0.162 e. The van der Waals surface area contributed by atoms with Crippen LogP contribution in [0, 0.1) is 34.6 Å². The van der Waals surface area contributed by atoms with Gasteiger partial charge in [-0.25, -0.2) is 17.6 Å². The van der Waals surface area contributed by atoms with Gasteiger partial charge in [-0.2, -0.15) is 5.26 Å². The maximum atomic E-state index is 13.9. The number of benzene rings is 2. The van der Waals surface area contributed by atoms with Gasteiger partial charge >= 0.3 is 0 Å². The largest absolute Gasteiger partial charge is 0.351 e. The molecule has 2 aromatic rings. The van der Waals surface area contributed by atoms with Crippen LogP contribution in [0.3, 0.4) is 0 Å². The Morgan fingerprint density at radius 3 is 2.25 bits per heavy atom. The predicted molar refractivity (Wildman–Crippen MR) is 68.4 cm³/mol. The second-order valence-corrected chi connectivity index (χ2v) is 4.56. The van der Waals surface area contributed by atoms with E-state index in [4.69, 9.17) is 5.26 Å². The van der Waals surface area contributed by atoms with Gasteiger partial charge in [0.05, 0.1) is 21.4 Å². The Bertz CT molecular complexity index is 725. The number of nitrogens with one attached hydrogen (secondary N) is 1. The molecule has 102 valence electrons. The van der Waals surface area contributed by atoms with E-state index < -0.39 is 29.0 Å². The predicted octanol–water partition coefficient (Wildman–Crippen LogP) is 4.62. The molecule has 2 rings (SSSR count). The van der Waals surface area contributed by atoms with E-state index in [1.54, 1.807) is 6.07 Å². The molecule has 0 saturated carbocycles.